The molecule has 4 aromatic rings. The first-order valence-corrected chi connectivity index (χ1v) is 14.0. The van der Waals surface area contributed by atoms with Crippen molar-refractivity contribution >= 4 is 16.8 Å². The Balaban J connectivity index is 1.60. The number of hydrogen-bond acceptors (Lipinski definition) is 2. The zero-order chi connectivity index (χ0) is 27.8. The largest absolute Gasteiger partial charge is 0.354 e. The van der Waals surface area contributed by atoms with Gasteiger partial charge in [-0.25, -0.2) is 8.78 Å². The average molecular weight is 532 g/mol. The number of nitrogens with zero attached hydrogens (tertiary/aromatic N) is 2. The van der Waals surface area contributed by atoms with Gasteiger partial charge >= 0.3 is 0 Å². The fourth-order valence-electron chi connectivity index (χ4n) is 5.37. The molecule has 4 nitrogen and oxygen atoms in total. The van der Waals surface area contributed by atoms with Crippen LogP contribution in [0.2, 0.25) is 0 Å². The number of rotatable bonds is 13. The first kappa shape index (κ1) is 28.5. The van der Waals surface area contributed by atoms with E-state index in [0.717, 1.165) is 54.5 Å². The molecule has 0 bridgehead atoms. The van der Waals surface area contributed by atoms with E-state index in [1.54, 1.807) is 24.3 Å². The maximum absolute atomic E-state index is 15.2. The van der Waals surface area contributed by atoms with Crippen LogP contribution >= 0.6 is 0 Å². The van der Waals surface area contributed by atoms with E-state index in [-0.39, 0.29) is 30.0 Å². The summed E-state index contributed by atoms with van der Waals surface area (Å²) in [6.07, 6.45) is 4.07. The fourth-order valence-corrected chi connectivity index (χ4v) is 5.37. The molecular weight excluding hydrogens is 492 g/mol. The summed E-state index contributed by atoms with van der Waals surface area (Å²) in [5.41, 5.74) is 3.36. The van der Waals surface area contributed by atoms with E-state index in [4.69, 9.17) is 0 Å². The van der Waals surface area contributed by atoms with Gasteiger partial charge in [-0.2, -0.15) is 0 Å². The molecule has 6 heteroatoms. The smallest absolute Gasteiger partial charge is 0.221 e. The molecule has 3 aromatic carbocycles. The third-order valence-electron chi connectivity index (χ3n) is 7.54. The van der Waals surface area contributed by atoms with E-state index >= 15 is 4.39 Å². The summed E-state index contributed by atoms with van der Waals surface area (Å²) in [5.74, 6) is -1.13. The molecule has 1 aromatic heterocycles. The summed E-state index contributed by atoms with van der Waals surface area (Å²) in [4.78, 5) is 15.7. The topological polar surface area (TPSA) is 37.3 Å². The van der Waals surface area contributed by atoms with Crippen molar-refractivity contribution in [3.05, 3.63) is 107 Å². The lowest BCUT2D eigenvalue weighted by atomic mass is 9.87. The van der Waals surface area contributed by atoms with Gasteiger partial charge in [0.15, 0.2) is 0 Å². The Hall–Kier alpha value is -3.51. The lowest BCUT2D eigenvalue weighted by Gasteiger charge is -2.21. The van der Waals surface area contributed by atoms with Gasteiger partial charge in [0.05, 0.1) is 0 Å². The predicted molar refractivity (Wildman–Crippen MR) is 155 cm³/mol. The average Bonchev–Trinajstić information content (AvgIpc) is 3.29. The molecule has 1 heterocycles. The zero-order valence-corrected chi connectivity index (χ0v) is 23.2. The minimum atomic E-state index is -0.451. The molecule has 0 fully saturated rings. The van der Waals surface area contributed by atoms with E-state index in [2.05, 4.69) is 28.6 Å². The Morgan fingerprint density at radius 2 is 1.62 bits per heavy atom. The van der Waals surface area contributed by atoms with Crippen molar-refractivity contribution in [1.29, 1.82) is 0 Å². The molecule has 2 atom stereocenters. The van der Waals surface area contributed by atoms with Crippen LogP contribution in [0.4, 0.5) is 8.78 Å². The summed E-state index contributed by atoms with van der Waals surface area (Å²) in [6, 6.07) is 21.2. The molecule has 39 heavy (non-hydrogen) atoms. The van der Waals surface area contributed by atoms with Crippen LogP contribution in [-0.2, 0) is 11.3 Å². The molecule has 1 N–H and O–H groups in total. The summed E-state index contributed by atoms with van der Waals surface area (Å²) < 4.78 is 30.7. The first-order valence-electron chi connectivity index (χ1n) is 14.0. The maximum Gasteiger partial charge on any atom is 0.221 e. The van der Waals surface area contributed by atoms with Crippen molar-refractivity contribution < 1.29 is 13.6 Å². The number of hydrogen-bond donors (Lipinski definition) is 1. The lowest BCUT2D eigenvalue weighted by Crippen LogP contribution is -2.34. The molecule has 0 unspecified atom stereocenters. The Bertz CT molecular complexity index is 1360. The number of aromatic nitrogens is 1. The normalized spacial score (nSPS) is 13.1. The lowest BCUT2D eigenvalue weighted by molar-refractivity contribution is -0.121. The quantitative estimate of drug-likeness (QED) is 0.200. The van der Waals surface area contributed by atoms with Gasteiger partial charge in [0.2, 0.25) is 5.91 Å². The second-order valence-corrected chi connectivity index (χ2v) is 10.3. The third kappa shape index (κ3) is 7.33. The molecule has 0 saturated heterocycles. The zero-order valence-electron chi connectivity index (χ0n) is 23.2. The van der Waals surface area contributed by atoms with Crippen LogP contribution < -0.4 is 5.32 Å². The first-order chi connectivity index (χ1) is 18.9. The highest BCUT2D eigenvalue weighted by Gasteiger charge is 2.25. The van der Waals surface area contributed by atoms with Crippen LogP contribution in [-0.4, -0.2) is 41.1 Å². The molecule has 1 amide bonds. The summed E-state index contributed by atoms with van der Waals surface area (Å²) in [7, 11) is 0. The summed E-state index contributed by atoms with van der Waals surface area (Å²) in [6.45, 7) is 9.96. The van der Waals surface area contributed by atoms with Gasteiger partial charge in [-0.05, 0) is 80.4 Å². The number of carbonyl (C=O) groups is 1. The Kier molecular flexibility index (Phi) is 9.88. The molecular formula is C33H39F2N3O. The second kappa shape index (κ2) is 13.5. The van der Waals surface area contributed by atoms with Gasteiger partial charge < -0.3 is 14.8 Å². The molecule has 0 radical (unpaired) electrons. The highest BCUT2D eigenvalue weighted by atomic mass is 19.1. The van der Waals surface area contributed by atoms with Crippen LogP contribution in [0, 0.1) is 11.6 Å². The Morgan fingerprint density at radius 3 is 2.33 bits per heavy atom. The van der Waals surface area contributed by atoms with Crippen molar-refractivity contribution in [3.8, 4) is 0 Å². The molecule has 0 aliphatic rings. The van der Waals surface area contributed by atoms with Gasteiger partial charge in [0, 0.05) is 42.0 Å². The summed E-state index contributed by atoms with van der Waals surface area (Å²) >= 11 is 0. The van der Waals surface area contributed by atoms with E-state index in [1.165, 1.54) is 18.2 Å². The molecule has 0 aliphatic carbocycles. The minimum Gasteiger partial charge on any atom is -0.354 e. The second-order valence-electron chi connectivity index (χ2n) is 10.3. The highest BCUT2D eigenvalue weighted by Crippen LogP contribution is 2.36. The number of nitrogens with one attached hydrogen (secondary N) is 1. The maximum atomic E-state index is 15.2. The molecule has 0 saturated carbocycles. The van der Waals surface area contributed by atoms with E-state index in [9.17, 15) is 9.18 Å². The molecule has 0 spiro atoms. The Labute approximate surface area is 230 Å². The van der Waals surface area contributed by atoms with E-state index in [1.807, 2.05) is 43.5 Å². The molecule has 0 aliphatic heterocycles. The van der Waals surface area contributed by atoms with Crippen LogP contribution in [0.15, 0.2) is 79.0 Å². The van der Waals surface area contributed by atoms with Crippen LogP contribution in [0.25, 0.3) is 10.9 Å². The van der Waals surface area contributed by atoms with E-state index < -0.39 is 5.92 Å². The van der Waals surface area contributed by atoms with Gasteiger partial charge in [0.25, 0.3) is 0 Å². The number of halogens is 2. The van der Waals surface area contributed by atoms with Crippen LogP contribution in [0.1, 0.15) is 62.6 Å². The van der Waals surface area contributed by atoms with Crippen LogP contribution in [0.3, 0.4) is 0 Å². The highest BCUT2D eigenvalue weighted by molar-refractivity contribution is 5.87. The van der Waals surface area contributed by atoms with Gasteiger partial charge in [-0.3, -0.25) is 4.79 Å². The molecule has 206 valence electrons. The van der Waals surface area contributed by atoms with Crippen molar-refractivity contribution in [2.75, 3.05) is 19.6 Å². The van der Waals surface area contributed by atoms with Gasteiger partial charge in [-0.15, -0.1) is 0 Å². The fraction of sp³-hybridized carbons (Fsp3) is 0.364. The number of carbonyl (C=O) groups excluding carboxylic acids is 1. The minimum absolute atomic E-state index is 0.0363. The SMILES string of the molecule is CCN(CC)CCC[C@H](C)NC(=O)C[C@H](c1ccccc1F)c1cn(Cc2ccc(F)cc2)c2ccccc12. The number of fused-ring (bicyclic) bond motifs is 1. The number of amides is 1. The number of para-hydroxylation sites is 1. The van der Waals surface area contributed by atoms with Crippen molar-refractivity contribution in [2.24, 2.45) is 0 Å². The standard InChI is InChI=1S/C33H39F2N3O/c1-4-37(5-2)20-10-11-24(3)36-33(39)21-29(27-12-6-8-14-31(27)35)30-23-38(32-15-9-7-13-28(30)32)22-25-16-18-26(34)19-17-25/h6-9,12-19,23-24,29H,4-5,10-11,20-22H2,1-3H3,(H,36,39)/t24-,29+/m0/s1. The van der Waals surface area contributed by atoms with Crippen molar-refractivity contribution in [3.63, 3.8) is 0 Å². The summed E-state index contributed by atoms with van der Waals surface area (Å²) in [5, 5.41) is 4.14. The van der Waals surface area contributed by atoms with Gasteiger partial charge in [0.1, 0.15) is 11.6 Å². The third-order valence-corrected chi connectivity index (χ3v) is 7.54. The van der Waals surface area contributed by atoms with Crippen molar-refractivity contribution in [2.45, 2.75) is 58.5 Å². The predicted octanol–water partition coefficient (Wildman–Crippen LogP) is 7.12. The van der Waals surface area contributed by atoms with E-state index in [0.29, 0.717) is 12.1 Å². The van der Waals surface area contributed by atoms with Crippen LogP contribution in [0.5, 0.6) is 0 Å². The van der Waals surface area contributed by atoms with Crippen molar-refractivity contribution in [1.82, 2.24) is 14.8 Å². The van der Waals surface area contributed by atoms with Gasteiger partial charge in [-0.1, -0.05) is 62.4 Å². The Morgan fingerprint density at radius 1 is 0.923 bits per heavy atom. The number of benzene rings is 3. The monoisotopic (exact) mass is 531 g/mol. The molecule has 4 rings (SSSR count).